The molecule has 0 amide bonds. The summed E-state index contributed by atoms with van der Waals surface area (Å²) in [4.78, 5) is 0. The largest absolute Gasteiger partial charge is 0.490 e. The van der Waals surface area contributed by atoms with Gasteiger partial charge in [-0.05, 0) is 37.9 Å². The average Bonchev–Trinajstić information content (AvgIpc) is 2.53. The van der Waals surface area contributed by atoms with E-state index >= 15 is 0 Å². The molecule has 1 aromatic rings. The lowest BCUT2D eigenvalue weighted by atomic mass is 10.1. The molecular weight excluding hydrogens is 266 g/mol. The molecule has 2 rings (SSSR count). The van der Waals surface area contributed by atoms with Crippen LogP contribution in [0.4, 0.5) is 0 Å². The fourth-order valence-corrected chi connectivity index (χ4v) is 2.43. The summed E-state index contributed by atoms with van der Waals surface area (Å²) >= 11 is 0. The Morgan fingerprint density at radius 1 is 1.19 bits per heavy atom. The summed E-state index contributed by atoms with van der Waals surface area (Å²) in [6.07, 6.45) is 3.14. The van der Waals surface area contributed by atoms with Gasteiger partial charge in [-0.1, -0.05) is 26.0 Å². The molecule has 21 heavy (non-hydrogen) atoms. The standard InChI is InChI=1S/C17H27NO3/c1-3-10-18-14-9-12-19-13-17(14)21-16-8-6-5-7-15(16)20-11-4-2/h5-8,14,17-18H,3-4,9-13H2,1-2H3. The van der Waals surface area contributed by atoms with Crippen molar-refractivity contribution in [3.63, 3.8) is 0 Å². The molecule has 0 spiro atoms. The predicted octanol–water partition coefficient (Wildman–Crippen LogP) is 3.01. The van der Waals surface area contributed by atoms with Crippen LogP contribution < -0.4 is 14.8 Å². The van der Waals surface area contributed by atoms with Gasteiger partial charge in [0.05, 0.1) is 13.2 Å². The number of benzene rings is 1. The Morgan fingerprint density at radius 2 is 2.00 bits per heavy atom. The van der Waals surface area contributed by atoms with Crippen molar-refractivity contribution in [2.45, 2.75) is 45.3 Å². The number of hydrogen-bond donors (Lipinski definition) is 1. The van der Waals surface area contributed by atoms with Gasteiger partial charge in [-0.3, -0.25) is 0 Å². The van der Waals surface area contributed by atoms with E-state index in [1.54, 1.807) is 0 Å². The number of ether oxygens (including phenoxy) is 3. The summed E-state index contributed by atoms with van der Waals surface area (Å²) in [6.45, 7) is 7.43. The first kappa shape index (κ1) is 16.1. The number of nitrogens with one attached hydrogen (secondary N) is 1. The zero-order valence-corrected chi connectivity index (χ0v) is 13.1. The lowest BCUT2D eigenvalue weighted by Crippen LogP contribution is -2.49. The summed E-state index contributed by atoms with van der Waals surface area (Å²) in [7, 11) is 0. The Labute approximate surface area is 127 Å². The highest BCUT2D eigenvalue weighted by Crippen LogP contribution is 2.29. The molecule has 4 nitrogen and oxygen atoms in total. The van der Waals surface area contributed by atoms with E-state index in [0.717, 1.165) is 43.9 Å². The van der Waals surface area contributed by atoms with Gasteiger partial charge in [-0.2, -0.15) is 0 Å². The molecular formula is C17H27NO3. The van der Waals surface area contributed by atoms with Crippen molar-refractivity contribution >= 4 is 0 Å². The van der Waals surface area contributed by atoms with Gasteiger partial charge in [-0.25, -0.2) is 0 Å². The lowest BCUT2D eigenvalue weighted by Gasteiger charge is -2.33. The minimum atomic E-state index is 0.0386. The second-order valence-corrected chi connectivity index (χ2v) is 5.38. The van der Waals surface area contributed by atoms with Gasteiger partial charge in [0.2, 0.25) is 0 Å². The minimum absolute atomic E-state index is 0.0386. The third-order valence-corrected chi connectivity index (χ3v) is 3.55. The van der Waals surface area contributed by atoms with Gasteiger partial charge in [0.15, 0.2) is 11.5 Å². The Bertz CT molecular complexity index is 411. The number of para-hydroxylation sites is 2. The smallest absolute Gasteiger partial charge is 0.161 e. The van der Waals surface area contributed by atoms with Crippen molar-refractivity contribution in [3.8, 4) is 11.5 Å². The molecule has 1 saturated heterocycles. The van der Waals surface area contributed by atoms with Crippen LogP contribution in [0.1, 0.15) is 33.1 Å². The third kappa shape index (κ3) is 4.90. The highest BCUT2D eigenvalue weighted by Gasteiger charge is 2.27. The molecule has 1 aromatic carbocycles. The van der Waals surface area contributed by atoms with Crippen molar-refractivity contribution in [2.75, 3.05) is 26.4 Å². The van der Waals surface area contributed by atoms with Gasteiger partial charge in [0.1, 0.15) is 6.10 Å². The van der Waals surface area contributed by atoms with E-state index in [1.165, 1.54) is 0 Å². The normalized spacial score (nSPS) is 22.0. The molecule has 1 fully saturated rings. The van der Waals surface area contributed by atoms with Gasteiger partial charge < -0.3 is 19.5 Å². The summed E-state index contributed by atoms with van der Waals surface area (Å²) in [6, 6.07) is 8.23. The molecule has 0 saturated carbocycles. The fourth-order valence-electron chi connectivity index (χ4n) is 2.43. The fraction of sp³-hybridized carbons (Fsp3) is 0.647. The molecule has 2 atom stereocenters. The molecule has 0 radical (unpaired) electrons. The van der Waals surface area contributed by atoms with E-state index in [1.807, 2.05) is 24.3 Å². The second-order valence-electron chi connectivity index (χ2n) is 5.38. The van der Waals surface area contributed by atoms with E-state index in [2.05, 4.69) is 19.2 Å². The van der Waals surface area contributed by atoms with Crippen LogP contribution in [-0.4, -0.2) is 38.5 Å². The van der Waals surface area contributed by atoms with Crippen LogP contribution in [0.2, 0.25) is 0 Å². The van der Waals surface area contributed by atoms with E-state index in [0.29, 0.717) is 19.3 Å². The van der Waals surface area contributed by atoms with Gasteiger partial charge >= 0.3 is 0 Å². The Hall–Kier alpha value is -1.26. The van der Waals surface area contributed by atoms with Crippen LogP contribution in [0.3, 0.4) is 0 Å². The molecule has 1 heterocycles. The quantitative estimate of drug-likeness (QED) is 0.800. The van der Waals surface area contributed by atoms with Gasteiger partial charge in [-0.15, -0.1) is 0 Å². The molecule has 1 aliphatic heterocycles. The maximum absolute atomic E-state index is 6.18. The number of hydrogen-bond acceptors (Lipinski definition) is 4. The summed E-state index contributed by atoms with van der Waals surface area (Å²) in [5.41, 5.74) is 0. The van der Waals surface area contributed by atoms with Crippen LogP contribution in [0.5, 0.6) is 11.5 Å². The second kappa shape index (κ2) is 8.90. The summed E-state index contributed by atoms with van der Waals surface area (Å²) in [5, 5.41) is 3.56. The van der Waals surface area contributed by atoms with Crippen LogP contribution in [-0.2, 0) is 4.74 Å². The summed E-state index contributed by atoms with van der Waals surface area (Å²) < 4.78 is 17.5. The first-order valence-electron chi connectivity index (χ1n) is 8.04. The Morgan fingerprint density at radius 3 is 2.76 bits per heavy atom. The van der Waals surface area contributed by atoms with Gasteiger partial charge in [0, 0.05) is 12.6 Å². The molecule has 1 N–H and O–H groups in total. The van der Waals surface area contributed by atoms with Crippen LogP contribution >= 0.6 is 0 Å². The topological polar surface area (TPSA) is 39.7 Å². The van der Waals surface area contributed by atoms with Crippen molar-refractivity contribution in [2.24, 2.45) is 0 Å². The molecule has 1 aliphatic rings. The maximum atomic E-state index is 6.18. The Balaban J connectivity index is 2.00. The van der Waals surface area contributed by atoms with Gasteiger partial charge in [0.25, 0.3) is 0 Å². The van der Waals surface area contributed by atoms with E-state index in [4.69, 9.17) is 14.2 Å². The Kier molecular flexibility index (Phi) is 6.83. The number of rotatable bonds is 8. The molecule has 4 heteroatoms. The third-order valence-electron chi connectivity index (χ3n) is 3.55. The van der Waals surface area contributed by atoms with E-state index in [9.17, 15) is 0 Å². The zero-order chi connectivity index (χ0) is 14.9. The SMILES string of the molecule is CCCNC1CCOCC1Oc1ccccc1OCCC. The first-order valence-corrected chi connectivity index (χ1v) is 8.04. The maximum Gasteiger partial charge on any atom is 0.161 e. The molecule has 118 valence electrons. The predicted molar refractivity (Wildman–Crippen MR) is 84.2 cm³/mol. The van der Waals surface area contributed by atoms with E-state index in [-0.39, 0.29) is 6.10 Å². The average molecular weight is 293 g/mol. The molecule has 0 aromatic heterocycles. The van der Waals surface area contributed by atoms with E-state index < -0.39 is 0 Å². The minimum Gasteiger partial charge on any atom is -0.490 e. The van der Waals surface area contributed by atoms with Crippen LogP contribution in [0.25, 0.3) is 0 Å². The first-order chi connectivity index (χ1) is 10.3. The van der Waals surface area contributed by atoms with Crippen molar-refractivity contribution < 1.29 is 14.2 Å². The van der Waals surface area contributed by atoms with Crippen molar-refractivity contribution in [3.05, 3.63) is 24.3 Å². The van der Waals surface area contributed by atoms with Crippen molar-refractivity contribution in [1.82, 2.24) is 5.32 Å². The molecule has 2 unspecified atom stereocenters. The lowest BCUT2D eigenvalue weighted by molar-refractivity contribution is -0.0157. The summed E-state index contributed by atoms with van der Waals surface area (Å²) in [5.74, 6) is 1.63. The highest BCUT2D eigenvalue weighted by molar-refractivity contribution is 5.39. The monoisotopic (exact) mass is 293 g/mol. The molecule has 0 aliphatic carbocycles. The zero-order valence-electron chi connectivity index (χ0n) is 13.1. The van der Waals surface area contributed by atoms with Crippen molar-refractivity contribution in [1.29, 1.82) is 0 Å². The van der Waals surface area contributed by atoms with Crippen LogP contribution in [0, 0.1) is 0 Å². The highest BCUT2D eigenvalue weighted by atomic mass is 16.6. The molecule has 0 bridgehead atoms. The van der Waals surface area contributed by atoms with Crippen LogP contribution in [0.15, 0.2) is 24.3 Å².